The van der Waals surface area contributed by atoms with Crippen molar-refractivity contribution in [2.75, 3.05) is 0 Å². The summed E-state index contributed by atoms with van der Waals surface area (Å²) < 4.78 is 101. The summed E-state index contributed by atoms with van der Waals surface area (Å²) in [5.74, 6) is -8.69. The first-order valence-corrected chi connectivity index (χ1v) is 15.3. The Morgan fingerprint density at radius 2 is 1.70 bits per heavy atom. The molecule has 2 atom stereocenters. The first kappa shape index (κ1) is 32.2. The molecule has 3 heterocycles. The zero-order valence-electron chi connectivity index (χ0n) is 24.6. The minimum atomic E-state index is -4.53. The third-order valence-electron chi connectivity index (χ3n) is 9.26. The normalized spacial score (nSPS) is 21.5. The van der Waals surface area contributed by atoms with Crippen LogP contribution in [0.5, 0.6) is 0 Å². The molecule has 0 spiro atoms. The Hall–Kier alpha value is -3.72. The van der Waals surface area contributed by atoms with Gasteiger partial charge in [-0.15, -0.1) is 0 Å². The SMILES string of the molecule is NC(=O)c1c(CCC(F)(F)F)noc1[C@H](c1cn2ccc([C@@H](NC(=O)CC3CC(F)(F)C3)C3CC3)nc2n1)C1CCC(F)(F)CC1. The molecule has 16 heteroatoms. The molecular formula is C30H33F7N6O3. The maximum Gasteiger partial charge on any atom is 0.389 e. The van der Waals surface area contributed by atoms with Crippen molar-refractivity contribution in [3.8, 4) is 0 Å². The van der Waals surface area contributed by atoms with E-state index >= 15 is 0 Å². The van der Waals surface area contributed by atoms with Gasteiger partial charge in [-0.2, -0.15) is 13.2 Å². The Balaban J connectivity index is 1.30. The molecule has 6 rings (SSSR count). The minimum Gasteiger partial charge on any atom is -0.365 e. The molecule has 3 aliphatic rings. The molecule has 9 nitrogen and oxygen atoms in total. The maximum absolute atomic E-state index is 14.1. The number of aryl methyl sites for hydroxylation is 1. The molecule has 0 bridgehead atoms. The van der Waals surface area contributed by atoms with Crippen LogP contribution in [0.3, 0.4) is 0 Å². The van der Waals surface area contributed by atoms with Crippen molar-refractivity contribution in [3.63, 3.8) is 0 Å². The quantitative estimate of drug-likeness (QED) is 0.234. The Bertz CT molecular complexity index is 1600. The monoisotopic (exact) mass is 658 g/mol. The van der Waals surface area contributed by atoms with Crippen molar-refractivity contribution in [3.05, 3.63) is 46.9 Å². The molecule has 3 saturated carbocycles. The van der Waals surface area contributed by atoms with E-state index in [0.29, 0.717) is 5.69 Å². The number of amides is 2. The number of nitrogens with two attached hydrogens (primary N) is 1. The highest BCUT2D eigenvalue weighted by Crippen LogP contribution is 2.47. The predicted octanol–water partition coefficient (Wildman–Crippen LogP) is 6.27. The van der Waals surface area contributed by atoms with Crippen LogP contribution in [0, 0.1) is 17.8 Å². The largest absolute Gasteiger partial charge is 0.389 e. The molecule has 3 fully saturated rings. The Morgan fingerprint density at radius 3 is 2.30 bits per heavy atom. The average molecular weight is 659 g/mol. The summed E-state index contributed by atoms with van der Waals surface area (Å²) in [6.07, 6.45) is -3.04. The fourth-order valence-corrected chi connectivity index (χ4v) is 6.74. The van der Waals surface area contributed by atoms with Crippen LogP contribution in [0.2, 0.25) is 0 Å². The fraction of sp³-hybridized carbons (Fsp3) is 0.633. The molecule has 0 unspecified atom stereocenters. The molecule has 3 aromatic rings. The molecule has 46 heavy (non-hydrogen) atoms. The van der Waals surface area contributed by atoms with Crippen molar-refractivity contribution >= 4 is 17.6 Å². The van der Waals surface area contributed by atoms with E-state index in [1.165, 1.54) is 0 Å². The number of hydrogen-bond acceptors (Lipinski definition) is 6. The molecule has 2 amide bonds. The number of halogens is 7. The lowest BCUT2D eigenvalue weighted by molar-refractivity contribution is -0.135. The lowest BCUT2D eigenvalue weighted by Crippen LogP contribution is -2.39. The Kier molecular flexibility index (Phi) is 8.28. The third-order valence-corrected chi connectivity index (χ3v) is 9.26. The summed E-state index contributed by atoms with van der Waals surface area (Å²) in [7, 11) is 0. The van der Waals surface area contributed by atoms with Crippen LogP contribution in [-0.2, 0) is 11.2 Å². The second-order valence-corrected chi connectivity index (χ2v) is 13.0. The maximum atomic E-state index is 14.1. The molecule has 0 radical (unpaired) electrons. The smallest absolute Gasteiger partial charge is 0.365 e. The lowest BCUT2D eigenvalue weighted by atomic mass is 9.75. The number of primary amides is 1. The second-order valence-electron chi connectivity index (χ2n) is 13.0. The number of carbonyl (C=O) groups excluding carboxylic acids is 2. The zero-order chi connectivity index (χ0) is 33.0. The van der Waals surface area contributed by atoms with E-state index in [1.54, 1.807) is 22.9 Å². The molecular weight excluding hydrogens is 625 g/mol. The van der Waals surface area contributed by atoms with Gasteiger partial charge in [-0.1, -0.05) is 5.16 Å². The van der Waals surface area contributed by atoms with Crippen LogP contribution in [0.25, 0.3) is 5.78 Å². The summed E-state index contributed by atoms with van der Waals surface area (Å²) in [6.45, 7) is 0. The van der Waals surface area contributed by atoms with E-state index in [9.17, 15) is 40.3 Å². The van der Waals surface area contributed by atoms with Gasteiger partial charge in [0.05, 0.1) is 29.0 Å². The van der Waals surface area contributed by atoms with Gasteiger partial charge in [0, 0.05) is 57.3 Å². The summed E-state index contributed by atoms with van der Waals surface area (Å²) in [4.78, 5) is 34.5. The van der Waals surface area contributed by atoms with Gasteiger partial charge in [0.1, 0.15) is 5.56 Å². The van der Waals surface area contributed by atoms with E-state index < -0.39 is 67.5 Å². The highest BCUT2D eigenvalue weighted by Gasteiger charge is 2.46. The van der Waals surface area contributed by atoms with E-state index in [4.69, 9.17) is 10.3 Å². The molecule has 0 aromatic carbocycles. The van der Waals surface area contributed by atoms with E-state index in [-0.39, 0.29) is 78.3 Å². The van der Waals surface area contributed by atoms with Gasteiger partial charge < -0.3 is 15.6 Å². The van der Waals surface area contributed by atoms with Crippen molar-refractivity contribution in [2.45, 2.75) is 101 Å². The Labute approximate surface area is 258 Å². The highest BCUT2D eigenvalue weighted by molar-refractivity contribution is 5.95. The minimum absolute atomic E-state index is 0.0129. The van der Waals surface area contributed by atoms with Gasteiger partial charge in [0.25, 0.3) is 5.91 Å². The molecule has 3 aromatic heterocycles. The van der Waals surface area contributed by atoms with Crippen molar-refractivity contribution in [1.82, 2.24) is 24.8 Å². The van der Waals surface area contributed by atoms with Crippen molar-refractivity contribution < 1.29 is 44.8 Å². The van der Waals surface area contributed by atoms with Gasteiger partial charge >= 0.3 is 6.18 Å². The topological polar surface area (TPSA) is 128 Å². The standard InChI is InChI=1S/C30H33F7N6O3/c31-28(32)7-3-16(4-8-28)22(25-23(26(38)45)18(42-46-25)5-9-30(35,36)37)20-14-43-10-6-19(39-27(43)40-20)24(17-1-2-17)41-21(44)11-15-12-29(33,34)13-15/h6,10,14-17,22,24H,1-5,7-9,11-13H2,(H2,38,45)(H,41,44)/t22-,24-/m0/s1. The number of alkyl halides is 7. The van der Waals surface area contributed by atoms with Crippen molar-refractivity contribution in [2.24, 2.45) is 23.5 Å². The molecule has 0 saturated heterocycles. The number of nitrogens with one attached hydrogen (secondary N) is 1. The van der Waals surface area contributed by atoms with Gasteiger partial charge in [-0.25, -0.2) is 27.5 Å². The van der Waals surface area contributed by atoms with E-state index in [1.807, 2.05) is 0 Å². The second kappa shape index (κ2) is 11.8. The first-order chi connectivity index (χ1) is 21.6. The van der Waals surface area contributed by atoms with E-state index in [2.05, 4.69) is 20.4 Å². The van der Waals surface area contributed by atoms with Crippen LogP contribution in [0.1, 0.15) is 109 Å². The summed E-state index contributed by atoms with van der Waals surface area (Å²) in [5, 5.41) is 6.68. The number of rotatable bonds is 11. The molecule has 3 aliphatic carbocycles. The molecule has 250 valence electrons. The average Bonchev–Trinajstić information content (AvgIpc) is 3.56. The number of carbonyl (C=O) groups is 2. The number of fused-ring (bicyclic) bond motifs is 1. The zero-order valence-corrected chi connectivity index (χ0v) is 24.6. The number of imidazole rings is 1. The summed E-state index contributed by atoms with van der Waals surface area (Å²) >= 11 is 0. The predicted molar refractivity (Wildman–Crippen MR) is 147 cm³/mol. The van der Waals surface area contributed by atoms with Crippen LogP contribution in [0.4, 0.5) is 30.7 Å². The Morgan fingerprint density at radius 1 is 1.02 bits per heavy atom. The number of hydrogen-bond donors (Lipinski definition) is 2. The van der Waals surface area contributed by atoms with Gasteiger partial charge in [-0.3, -0.25) is 14.0 Å². The summed E-state index contributed by atoms with van der Waals surface area (Å²) in [6, 6.07) is 1.22. The van der Waals surface area contributed by atoms with Crippen LogP contribution in [-0.4, -0.2) is 49.4 Å². The first-order valence-electron chi connectivity index (χ1n) is 15.3. The van der Waals surface area contributed by atoms with Gasteiger partial charge in [0.15, 0.2) is 5.76 Å². The molecule has 3 N–H and O–H groups in total. The highest BCUT2D eigenvalue weighted by atomic mass is 19.4. The van der Waals surface area contributed by atoms with Crippen LogP contribution < -0.4 is 11.1 Å². The number of aromatic nitrogens is 4. The van der Waals surface area contributed by atoms with Gasteiger partial charge in [0.2, 0.25) is 23.5 Å². The van der Waals surface area contributed by atoms with Crippen LogP contribution in [0.15, 0.2) is 23.0 Å². The third kappa shape index (κ3) is 7.14. The van der Waals surface area contributed by atoms with Crippen LogP contribution >= 0.6 is 0 Å². The van der Waals surface area contributed by atoms with E-state index in [0.717, 1.165) is 12.8 Å². The fourth-order valence-electron chi connectivity index (χ4n) is 6.74. The van der Waals surface area contributed by atoms with Crippen molar-refractivity contribution in [1.29, 1.82) is 0 Å². The molecule has 0 aliphatic heterocycles. The number of nitrogens with zero attached hydrogens (tertiary/aromatic N) is 4. The lowest BCUT2D eigenvalue weighted by Gasteiger charge is -2.34. The summed E-state index contributed by atoms with van der Waals surface area (Å²) in [5.41, 5.74) is 5.78. The van der Waals surface area contributed by atoms with Gasteiger partial charge in [-0.05, 0) is 49.5 Å².